The molecule has 90 valence electrons. The van der Waals surface area contributed by atoms with Crippen molar-refractivity contribution >= 4 is 0 Å². The largest absolute Gasteiger partial charge is 0.309 e. The van der Waals surface area contributed by atoms with Gasteiger partial charge in [0.05, 0.1) is 6.04 Å². The van der Waals surface area contributed by atoms with Crippen LogP contribution in [0.3, 0.4) is 0 Å². The second kappa shape index (κ2) is 6.53. The van der Waals surface area contributed by atoms with E-state index in [2.05, 4.69) is 10.3 Å². The minimum atomic E-state index is -2.35. The topological polar surface area (TPSA) is 24.9 Å². The highest BCUT2D eigenvalue weighted by Crippen LogP contribution is 2.09. The lowest BCUT2D eigenvalue weighted by molar-refractivity contribution is 0.0986. The minimum absolute atomic E-state index is 0.273. The van der Waals surface area contributed by atoms with Gasteiger partial charge in [-0.15, -0.1) is 0 Å². The van der Waals surface area contributed by atoms with E-state index in [0.717, 1.165) is 12.0 Å². The third-order valence-electron chi connectivity index (χ3n) is 2.49. The van der Waals surface area contributed by atoms with Crippen molar-refractivity contribution in [2.45, 2.75) is 39.2 Å². The van der Waals surface area contributed by atoms with E-state index in [1.165, 1.54) is 0 Å². The number of pyridine rings is 1. The molecule has 0 aliphatic rings. The Morgan fingerprint density at radius 3 is 2.50 bits per heavy atom. The fraction of sp³-hybridized carbons (Fsp3) is 0.583. The maximum atomic E-state index is 12.6. The lowest BCUT2D eigenvalue weighted by Crippen LogP contribution is -2.37. The van der Waals surface area contributed by atoms with Gasteiger partial charge in [-0.3, -0.25) is 4.98 Å². The SMILES string of the molecule is CCNC(Cc1ccc(CC)cn1)C(F)F. The average molecular weight is 228 g/mol. The number of likely N-dealkylation sites (N-methyl/N-ethyl adjacent to an activating group) is 1. The molecule has 0 fully saturated rings. The normalized spacial score (nSPS) is 13.1. The van der Waals surface area contributed by atoms with Crippen molar-refractivity contribution in [3.63, 3.8) is 0 Å². The Bertz CT molecular complexity index is 298. The second-order valence-electron chi connectivity index (χ2n) is 3.71. The average Bonchev–Trinajstić information content (AvgIpc) is 2.29. The van der Waals surface area contributed by atoms with Crippen molar-refractivity contribution in [2.75, 3.05) is 6.54 Å². The first-order valence-corrected chi connectivity index (χ1v) is 5.62. The summed E-state index contributed by atoms with van der Waals surface area (Å²) in [5, 5.41) is 2.77. The summed E-state index contributed by atoms with van der Waals surface area (Å²) in [6.07, 6.45) is 0.588. The molecular weight excluding hydrogens is 210 g/mol. The number of aryl methyl sites for hydroxylation is 1. The summed E-state index contributed by atoms with van der Waals surface area (Å²) in [7, 11) is 0. The zero-order chi connectivity index (χ0) is 12.0. The van der Waals surface area contributed by atoms with Crippen LogP contribution in [0.5, 0.6) is 0 Å². The van der Waals surface area contributed by atoms with E-state index in [4.69, 9.17) is 0 Å². The van der Waals surface area contributed by atoms with Crippen molar-refractivity contribution in [1.29, 1.82) is 0 Å². The molecule has 0 aliphatic heterocycles. The predicted molar refractivity (Wildman–Crippen MR) is 60.8 cm³/mol. The van der Waals surface area contributed by atoms with Gasteiger partial charge in [-0.1, -0.05) is 19.9 Å². The lowest BCUT2D eigenvalue weighted by atomic mass is 10.1. The fourth-order valence-electron chi connectivity index (χ4n) is 1.52. The van der Waals surface area contributed by atoms with Crippen LogP contribution in [0, 0.1) is 0 Å². The molecule has 0 amide bonds. The number of nitrogens with zero attached hydrogens (tertiary/aromatic N) is 1. The van der Waals surface area contributed by atoms with Crippen LogP contribution in [-0.2, 0) is 12.8 Å². The summed E-state index contributed by atoms with van der Waals surface area (Å²) in [4.78, 5) is 4.18. The second-order valence-corrected chi connectivity index (χ2v) is 3.71. The Morgan fingerprint density at radius 2 is 2.06 bits per heavy atom. The van der Waals surface area contributed by atoms with Gasteiger partial charge in [0.25, 0.3) is 6.43 Å². The number of nitrogens with one attached hydrogen (secondary N) is 1. The molecule has 0 radical (unpaired) electrons. The van der Waals surface area contributed by atoms with Crippen molar-refractivity contribution in [3.05, 3.63) is 29.6 Å². The number of aromatic nitrogens is 1. The van der Waals surface area contributed by atoms with Gasteiger partial charge in [-0.25, -0.2) is 8.78 Å². The van der Waals surface area contributed by atoms with E-state index in [1.54, 1.807) is 6.20 Å². The molecule has 4 heteroatoms. The van der Waals surface area contributed by atoms with E-state index in [-0.39, 0.29) is 6.42 Å². The zero-order valence-electron chi connectivity index (χ0n) is 9.71. The summed E-state index contributed by atoms with van der Waals surface area (Å²) < 4.78 is 25.3. The van der Waals surface area contributed by atoms with Crippen LogP contribution in [-0.4, -0.2) is 24.0 Å². The van der Waals surface area contributed by atoms with Gasteiger partial charge in [0, 0.05) is 18.3 Å². The maximum absolute atomic E-state index is 12.6. The molecule has 0 bridgehead atoms. The van der Waals surface area contributed by atoms with Crippen molar-refractivity contribution < 1.29 is 8.78 Å². The third-order valence-corrected chi connectivity index (χ3v) is 2.49. The van der Waals surface area contributed by atoms with Crippen LogP contribution < -0.4 is 5.32 Å². The quantitative estimate of drug-likeness (QED) is 0.809. The van der Waals surface area contributed by atoms with Crippen molar-refractivity contribution in [1.82, 2.24) is 10.3 Å². The summed E-state index contributed by atoms with van der Waals surface area (Å²) >= 11 is 0. The highest BCUT2D eigenvalue weighted by atomic mass is 19.3. The van der Waals surface area contributed by atoms with Gasteiger partial charge >= 0.3 is 0 Å². The molecule has 2 nitrogen and oxygen atoms in total. The van der Waals surface area contributed by atoms with Crippen molar-refractivity contribution in [2.24, 2.45) is 0 Å². The molecule has 1 atom stereocenters. The molecule has 1 aromatic rings. The molecule has 1 heterocycles. The van der Waals surface area contributed by atoms with E-state index in [9.17, 15) is 8.78 Å². The smallest absolute Gasteiger partial charge is 0.254 e. The molecule has 1 rings (SSSR count). The first-order chi connectivity index (χ1) is 7.67. The van der Waals surface area contributed by atoms with Crippen LogP contribution in [0.1, 0.15) is 25.1 Å². The zero-order valence-corrected chi connectivity index (χ0v) is 9.71. The fourth-order valence-corrected chi connectivity index (χ4v) is 1.52. The Kier molecular flexibility index (Phi) is 5.32. The molecule has 1 N–H and O–H groups in total. The first-order valence-electron chi connectivity index (χ1n) is 5.62. The summed E-state index contributed by atoms with van der Waals surface area (Å²) in [6.45, 7) is 4.41. The van der Waals surface area contributed by atoms with E-state index < -0.39 is 12.5 Å². The highest BCUT2D eigenvalue weighted by molar-refractivity contribution is 5.14. The number of hydrogen-bond acceptors (Lipinski definition) is 2. The van der Waals surface area contributed by atoms with E-state index >= 15 is 0 Å². The lowest BCUT2D eigenvalue weighted by Gasteiger charge is -2.16. The Morgan fingerprint density at radius 1 is 1.31 bits per heavy atom. The molecule has 0 aromatic carbocycles. The van der Waals surface area contributed by atoms with Crippen LogP contribution in [0.4, 0.5) is 8.78 Å². The molecular formula is C12H18F2N2. The molecule has 0 spiro atoms. The third kappa shape index (κ3) is 3.85. The summed E-state index contributed by atoms with van der Waals surface area (Å²) in [6, 6.07) is 2.97. The molecule has 1 aromatic heterocycles. The number of hydrogen-bond donors (Lipinski definition) is 1. The Labute approximate surface area is 95.1 Å². The van der Waals surface area contributed by atoms with E-state index in [0.29, 0.717) is 12.2 Å². The van der Waals surface area contributed by atoms with Crippen molar-refractivity contribution in [3.8, 4) is 0 Å². The molecule has 1 unspecified atom stereocenters. The van der Waals surface area contributed by atoms with Crippen LogP contribution >= 0.6 is 0 Å². The maximum Gasteiger partial charge on any atom is 0.254 e. The number of rotatable bonds is 6. The standard InChI is InChI=1S/C12H18F2N2/c1-3-9-5-6-10(16-8-9)7-11(12(13)14)15-4-2/h5-6,8,11-12,15H,3-4,7H2,1-2H3. The van der Waals surface area contributed by atoms with Gasteiger partial charge in [-0.05, 0) is 24.6 Å². The van der Waals surface area contributed by atoms with E-state index in [1.807, 2.05) is 26.0 Å². The first kappa shape index (κ1) is 13.0. The van der Waals surface area contributed by atoms with Gasteiger partial charge in [-0.2, -0.15) is 0 Å². The van der Waals surface area contributed by atoms with Gasteiger partial charge < -0.3 is 5.32 Å². The molecule has 0 saturated heterocycles. The minimum Gasteiger partial charge on any atom is -0.309 e. The Hall–Kier alpha value is -1.03. The molecule has 0 aliphatic carbocycles. The van der Waals surface area contributed by atoms with Gasteiger partial charge in [0.1, 0.15) is 0 Å². The summed E-state index contributed by atoms with van der Waals surface area (Å²) in [5.74, 6) is 0. The highest BCUT2D eigenvalue weighted by Gasteiger charge is 2.19. The van der Waals surface area contributed by atoms with Gasteiger partial charge in [0.2, 0.25) is 0 Å². The van der Waals surface area contributed by atoms with Crippen LogP contribution in [0.25, 0.3) is 0 Å². The van der Waals surface area contributed by atoms with Gasteiger partial charge in [0.15, 0.2) is 0 Å². The molecule has 16 heavy (non-hydrogen) atoms. The number of alkyl halides is 2. The summed E-state index contributed by atoms with van der Waals surface area (Å²) in [5.41, 5.74) is 1.84. The number of halogens is 2. The van der Waals surface area contributed by atoms with Crippen LogP contribution in [0.2, 0.25) is 0 Å². The Balaban J connectivity index is 2.62. The van der Waals surface area contributed by atoms with Crippen LogP contribution in [0.15, 0.2) is 18.3 Å². The predicted octanol–water partition coefficient (Wildman–Crippen LogP) is 2.43. The monoisotopic (exact) mass is 228 g/mol. The molecule has 0 saturated carbocycles.